The van der Waals surface area contributed by atoms with Crippen LogP contribution in [0.4, 0.5) is 0 Å². The highest BCUT2D eigenvalue weighted by molar-refractivity contribution is 6.07. The van der Waals surface area contributed by atoms with Crippen molar-refractivity contribution in [3.8, 4) is 11.5 Å². The highest BCUT2D eigenvalue weighted by Gasteiger charge is 2.27. The van der Waals surface area contributed by atoms with E-state index in [4.69, 9.17) is 19.2 Å². The standard InChI is InChI=1S/C29H30N2O5/c1-34-24-13-12-19(17-25(24)35-2)16-20-8-7-10-22-27(21-9-3-4-11-23(21)30-28(20)22)29(33)36-18-26(32)31-14-5-6-15-31/h3-4,9,11-13,16-17H,5-8,10,14-15,18H2,1-2H3/b20-16+. The molecule has 0 spiro atoms. The lowest BCUT2D eigenvalue weighted by Gasteiger charge is -2.23. The van der Waals surface area contributed by atoms with Gasteiger partial charge in [0.1, 0.15) is 0 Å². The molecule has 0 atom stereocenters. The maximum atomic E-state index is 13.4. The van der Waals surface area contributed by atoms with E-state index in [-0.39, 0.29) is 12.5 Å². The van der Waals surface area contributed by atoms with Gasteiger partial charge in [0.05, 0.1) is 31.0 Å². The number of fused-ring (bicyclic) bond motifs is 2. The molecule has 1 amide bonds. The monoisotopic (exact) mass is 486 g/mol. The smallest absolute Gasteiger partial charge is 0.339 e. The molecule has 0 unspecified atom stereocenters. The molecule has 1 aromatic heterocycles. The maximum Gasteiger partial charge on any atom is 0.339 e. The lowest BCUT2D eigenvalue weighted by Crippen LogP contribution is -2.32. The van der Waals surface area contributed by atoms with Crippen LogP contribution in [0, 0.1) is 0 Å². The van der Waals surface area contributed by atoms with Crippen LogP contribution in [0.2, 0.25) is 0 Å². The van der Waals surface area contributed by atoms with Crippen LogP contribution in [0.15, 0.2) is 42.5 Å². The topological polar surface area (TPSA) is 78.0 Å². The number of allylic oxidation sites excluding steroid dienone is 1. The first-order chi connectivity index (χ1) is 17.6. The van der Waals surface area contributed by atoms with E-state index >= 15 is 0 Å². The van der Waals surface area contributed by atoms with Crippen LogP contribution in [-0.4, -0.2) is 55.7 Å². The summed E-state index contributed by atoms with van der Waals surface area (Å²) in [6.45, 7) is 1.22. The molecule has 1 saturated heterocycles. The number of pyridine rings is 1. The number of hydrogen-bond donors (Lipinski definition) is 0. The molecule has 1 aliphatic carbocycles. The van der Waals surface area contributed by atoms with Crippen molar-refractivity contribution in [3.05, 3.63) is 64.8 Å². The van der Waals surface area contributed by atoms with Gasteiger partial charge in [0.25, 0.3) is 5.91 Å². The number of carbonyl (C=O) groups is 2. The molecule has 0 N–H and O–H groups in total. The molecule has 0 bridgehead atoms. The number of methoxy groups -OCH3 is 2. The minimum absolute atomic E-state index is 0.137. The molecule has 2 aromatic carbocycles. The van der Waals surface area contributed by atoms with E-state index in [0.29, 0.717) is 17.1 Å². The van der Waals surface area contributed by atoms with E-state index in [1.165, 1.54) is 0 Å². The van der Waals surface area contributed by atoms with Crippen LogP contribution in [0.25, 0.3) is 22.6 Å². The molecule has 2 heterocycles. The molecule has 36 heavy (non-hydrogen) atoms. The van der Waals surface area contributed by atoms with Gasteiger partial charge in [0.2, 0.25) is 0 Å². The van der Waals surface area contributed by atoms with Crippen molar-refractivity contribution in [1.82, 2.24) is 9.88 Å². The first kappa shape index (κ1) is 23.9. The summed E-state index contributed by atoms with van der Waals surface area (Å²) < 4.78 is 16.4. The molecule has 2 aliphatic rings. The predicted molar refractivity (Wildman–Crippen MR) is 138 cm³/mol. The summed E-state index contributed by atoms with van der Waals surface area (Å²) in [5, 5.41) is 0.752. The second-order valence-electron chi connectivity index (χ2n) is 9.13. The average molecular weight is 487 g/mol. The van der Waals surface area contributed by atoms with Crippen LogP contribution in [0.1, 0.15) is 52.9 Å². The Morgan fingerprint density at radius 2 is 1.75 bits per heavy atom. The fourth-order valence-electron chi connectivity index (χ4n) is 5.11. The molecule has 7 nitrogen and oxygen atoms in total. The van der Waals surface area contributed by atoms with Gasteiger partial charge in [-0.25, -0.2) is 9.78 Å². The van der Waals surface area contributed by atoms with Crippen molar-refractivity contribution in [2.75, 3.05) is 33.9 Å². The first-order valence-corrected chi connectivity index (χ1v) is 12.4. The van der Waals surface area contributed by atoms with Crippen molar-refractivity contribution in [2.24, 2.45) is 0 Å². The number of amides is 1. The number of rotatable bonds is 6. The van der Waals surface area contributed by atoms with Crippen molar-refractivity contribution in [2.45, 2.75) is 32.1 Å². The Kier molecular flexibility index (Phi) is 6.89. The van der Waals surface area contributed by atoms with Crippen molar-refractivity contribution in [3.63, 3.8) is 0 Å². The van der Waals surface area contributed by atoms with Crippen LogP contribution in [0.5, 0.6) is 11.5 Å². The molecule has 5 rings (SSSR count). The van der Waals surface area contributed by atoms with E-state index in [9.17, 15) is 9.59 Å². The molecule has 1 fully saturated rings. The third-order valence-electron chi connectivity index (χ3n) is 6.91. The quantitative estimate of drug-likeness (QED) is 0.461. The van der Waals surface area contributed by atoms with Gasteiger partial charge in [-0.1, -0.05) is 24.3 Å². The SMILES string of the molecule is COc1ccc(/C=C2\CCCc3c2nc2ccccc2c3C(=O)OCC(=O)N2CCCC2)cc1OC. The second-order valence-corrected chi connectivity index (χ2v) is 9.13. The maximum absolute atomic E-state index is 13.4. The summed E-state index contributed by atoms with van der Waals surface area (Å²) in [5.74, 6) is 0.717. The fourth-order valence-corrected chi connectivity index (χ4v) is 5.11. The number of likely N-dealkylation sites (tertiary alicyclic amines) is 1. The zero-order chi connectivity index (χ0) is 25.1. The Labute approximate surface area is 210 Å². The van der Waals surface area contributed by atoms with E-state index in [2.05, 4.69) is 6.08 Å². The van der Waals surface area contributed by atoms with E-state index in [1.54, 1.807) is 19.1 Å². The second kappa shape index (κ2) is 10.4. The average Bonchev–Trinajstić information content (AvgIpc) is 3.46. The number of nitrogens with zero attached hydrogens (tertiary/aromatic N) is 2. The van der Waals surface area contributed by atoms with E-state index < -0.39 is 5.97 Å². The van der Waals surface area contributed by atoms with Crippen LogP contribution >= 0.6 is 0 Å². The van der Waals surface area contributed by atoms with Crippen molar-refractivity contribution >= 4 is 34.4 Å². The lowest BCUT2D eigenvalue weighted by molar-refractivity contribution is -0.133. The summed E-state index contributed by atoms with van der Waals surface area (Å²) in [6, 6.07) is 13.4. The van der Waals surface area contributed by atoms with Crippen molar-refractivity contribution < 1.29 is 23.8 Å². The van der Waals surface area contributed by atoms with Gasteiger partial charge in [-0.2, -0.15) is 0 Å². The number of benzene rings is 2. The Bertz CT molecular complexity index is 1340. The molecule has 1 aliphatic heterocycles. The summed E-state index contributed by atoms with van der Waals surface area (Å²) in [4.78, 5) is 32.6. The van der Waals surface area contributed by atoms with Gasteiger partial charge in [-0.3, -0.25) is 4.79 Å². The Balaban J connectivity index is 1.52. The van der Waals surface area contributed by atoms with Gasteiger partial charge in [0, 0.05) is 18.5 Å². The van der Waals surface area contributed by atoms with E-state index in [1.807, 2.05) is 42.5 Å². The number of aromatic nitrogens is 1. The molecule has 7 heteroatoms. The van der Waals surface area contributed by atoms with Gasteiger partial charge >= 0.3 is 5.97 Å². The third-order valence-corrected chi connectivity index (χ3v) is 6.91. The van der Waals surface area contributed by atoms with Crippen LogP contribution in [0.3, 0.4) is 0 Å². The van der Waals surface area contributed by atoms with Crippen LogP contribution in [-0.2, 0) is 16.0 Å². The number of para-hydroxylation sites is 1. The van der Waals surface area contributed by atoms with Crippen molar-refractivity contribution in [1.29, 1.82) is 0 Å². The van der Waals surface area contributed by atoms with Crippen LogP contribution < -0.4 is 9.47 Å². The fraction of sp³-hybridized carbons (Fsp3) is 0.345. The minimum atomic E-state index is -0.468. The summed E-state index contributed by atoms with van der Waals surface area (Å²) >= 11 is 0. The Morgan fingerprint density at radius 3 is 2.53 bits per heavy atom. The largest absolute Gasteiger partial charge is 0.493 e. The summed E-state index contributed by atoms with van der Waals surface area (Å²) in [5.41, 5.74) is 4.96. The molecule has 3 aromatic rings. The number of ether oxygens (including phenoxy) is 3. The zero-order valence-corrected chi connectivity index (χ0v) is 20.7. The number of carbonyl (C=O) groups excluding carboxylic acids is 2. The van der Waals surface area contributed by atoms with E-state index in [0.717, 1.165) is 78.5 Å². The Morgan fingerprint density at radius 1 is 0.972 bits per heavy atom. The molecule has 0 radical (unpaired) electrons. The minimum Gasteiger partial charge on any atom is -0.493 e. The van der Waals surface area contributed by atoms with Gasteiger partial charge in [-0.15, -0.1) is 0 Å². The predicted octanol–water partition coefficient (Wildman–Crippen LogP) is 4.91. The zero-order valence-electron chi connectivity index (χ0n) is 20.7. The Hall–Kier alpha value is -3.87. The normalized spacial score (nSPS) is 16.2. The van der Waals surface area contributed by atoms with Gasteiger partial charge < -0.3 is 19.1 Å². The number of esters is 1. The number of hydrogen-bond acceptors (Lipinski definition) is 6. The van der Waals surface area contributed by atoms with Gasteiger partial charge in [0.15, 0.2) is 18.1 Å². The molecular formula is C29H30N2O5. The highest BCUT2D eigenvalue weighted by Crippen LogP contribution is 2.37. The summed E-state index contributed by atoms with van der Waals surface area (Å²) in [6.07, 6.45) is 6.54. The van der Waals surface area contributed by atoms with Gasteiger partial charge in [-0.05, 0) is 73.1 Å². The highest BCUT2D eigenvalue weighted by atomic mass is 16.5. The molecular weight excluding hydrogens is 456 g/mol. The third kappa shape index (κ3) is 4.65. The first-order valence-electron chi connectivity index (χ1n) is 12.4. The summed E-state index contributed by atoms with van der Waals surface area (Å²) in [7, 11) is 3.23. The molecule has 0 saturated carbocycles. The lowest BCUT2D eigenvalue weighted by atomic mass is 9.86. The molecule has 186 valence electrons.